The lowest BCUT2D eigenvalue weighted by Crippen LogP contribution is -2.01. The van der Waals surface area contributed by atoms with Crippen LogP contribution in [0.15, 0.2) is 36.4 Å². The molecule has 0 fully saturated rings. The maximum absolute atomic E-state index is 13.6. The Hall–Kier alpha value is -2.05. The van der Waals surface area contributed by atoms with Gasteiger partial charge in [-0.3, -0.25) is 0 Å². The first-order chi connectivity index (χ1) is 10.1. The van der Waals surface area contributed by atoms with Crippen LogP contribution in [-0.2, 0) is 6.61 Å². The van der Waals surface area contributed by atoms with Crippen LogP contribution in [0, 0.1) is 30.4 Å². The summed E-state index contributed by atoms with van der Waals surface area (Å²) < 4.78 is 32.3. The highest BCUT2D eigenvalue weighted by molar-refractivity contribution is 6.19. The van der Waals surface area contributed by atoms with Crippen molar-refractivity contribution < 1.29 is 13.5 Å². The molecule has 0 heterocycles. The third-order valence-corrected chi connectivity index (χ3v) is 2.97. The minimum atomic E-state index is -0.891. The van der Waals surface area contributed by atoms with Gasteiger partial charge in [-0.05, 0) is 30.7 Å². The van der Waals surface area contributed by atoms with Crippen LogP contribution in [0.5, 0.6) is 5.75 Å². The molecule has 0 atom stereocenters. The molecule has 0 spiro atoms. The van der Waals surface area contributed by atoms with Gasteiger partial charge in [0.2, 0.25) is 0 Å². The molecule has 0 amide bonds. The molecule has 21 heavy (non-hydrogen) atoms. The third kappa shape index (κ3) is 3.96. The molecule has 2 aromatic carbocycles. The van der Waals surface area contributed by atoms with Crippen molar-refractivity contribution in [3.05, 3.63) is 64.7 Å². The standard InChI is InChI=1S/C17H13ClF2O/c1-12-7-8-16(13(10-12)5-3-9-18)21-11-14-4-2-6-15(19)17(14)20/h2,4,6-8,10H,9,11H2,1H3. The van der Waals surface area contributed by atoms with Crippen molar-refractivity contribution in [3.8, 4) is 17.6 Å². The highest BCUT2D eigenvalue weighted by atomic mass is 35.5. The Morgan fingerprint density at radius 3 is 2.76 bits per heavy atom. The fraction of sp³-hybridized carbons (Fsp3) is 0.176. The van der Waals surface area contributed by atoms with E-state index < -0.39 is 11.6 Å². The van der Waals surface area contributed by atoms with E-state index in [0.717, 1.165) is 11.6 Å². The number of halogens is 3. The summed E-state index contributed by atoms with van der Waals surface area (Å²) in [6.07, 6.45) is 0. The second-order valence-corrected chi connectivity index (χ2v) is 4.70. The van der Waals surface area contributed by atoms with Crippen LogP contribution in [0.1, 0.15) is 16.7 Å². The van der Waals surface area contributed by atoms with E-state index in [1.54, 1.807) is 6.07 Å². The van der Waals surface area contributed by atoms with Crippen LogP contribution in [0.2, 0.25) is 0 Å². The van der Waals surface area contributed by atoms with Gasteiger partial charge in [0.15, 0.2) is 11.6 Å². The second-order valence-electron chi connectivity index (χ2n) is 4.44. The van der Waals surface area contributed by atoms with Crippen LogP contribution in [0.4, 0.5) is 8.78 Å². The summed E-state index contributed by atoms with van der Waals surface area (Å²) in [5.74, 6) is 4.60. The summed E-state index contributed by atoms with van der Waals surface area (Å²) in [5, 5.41) is 0. The van der Waals surface area contributed by atoms with E-state index in [1.807, 2.05) is 19.1 Å². The Morgan fingerprint density at radius 1 is 1.19 bits per heavy atom. The minimum absolute atomic E-state index is 0.0673. The number of benzene rings is 2. The van der Waals surface area contributed by atoms with Crippen molar-refractivity contribution in [2.75, 3.05) is 5.88 Å². The molecular weight excluding hydrogens is 294 g/mol. The fourth-order valence-corrected chi connectivity index (χ4v) is 1.88. The van der Waals surface area contributed by atoms with Crippen LogP contribution in [0.3, 0.4) is 0 Å². The average Bonchev–Trinajstić information content (AvgIpc) is 2.48. The number of hydrogen-bond donors (Lipinski definition) is 0. The number of rotatable bonds is 3. The topological polar surface area (TPSA) is 9.23 Å². The Kier molecular flexibility index (Phi) is 5.19. The van der Waals surface area contributed by atoms with Crippen LogP contribution in [0.25, 0.3) is 0 Å². The van der Waals surface area contributed by atoms with E-state index in [4.69, 9.17) is 16.3 Å². The number of hydrogen-bond acceptors (Lipinski definition) is 1. The minimum Gasteiger partial charge on any atom is -0.487 e. The van der Waals surface area contributed by atoms with Crippen LogP contribution in [-0.4, -0.2) is 5.88 Å². The molecule has 2 rings (SSSR count). The van der Waals surface area contributed by atoms with E-state index >= 15 is 0 Å². The molecule has 0 aliphatic heterocycles. The Morgan fingerprint density at radius 2 is 2.00 bits per heavy atom. The average molecular weight is 307 g/mol. The van der Waals surface area contributed by atoms with Crippen molar-refractivity contribution in [1.29, 1.82) is 0 Å². The van der Waals surface area contributed by atoms with Crippen molar-refractivity contribution in [1.82, 2.24) is 0 Å². The largest absolute Gasteiger partial charge is 0.487 e. The van der Waals surface area contributed by atoms with Crippen molar-refractivity contribution >= 4 is 11.6 Å². The van der Waals surface area contributed by atoms with Crippen molar-refractivity contribution in [3.63, 3.8) is 0 Å². The predicted octanol–water partition coefficient (Wildman–Crippen LogP) is 4.44. The predicted molar refractivity (Wildman–Crippen MR) is 79.5 cm³/mol. The molecule has 0 N–H and O–H groups in total. The monoisotopic (exact) mass is 306 g/mol. The van der Waals surface area contributed by atoms with Gasteiger partial charge in [0.1, 0.15) is 12.4 Å². The van der Waals surface area contributed by atoms with Gasteiger partial charge in [-0.25, -0.2) is 8.78 Å². The van der Waals surface area contributed by atoms with E-state index in [9.17, 15) is 8.78 Å². The van der Waals surface area contributed by atoms with Gasteiger partial charge in [0.05, 0.1) is 11.4 Å². The van der Waals surface area contributed by atoms with Gasteiger partial charge in [-0.15, -0.1) is 11.6 Å². The highest BCUT2D eigenvalue weighted by Crippen LogP contribution is 2.21. The first-order valence-corrected chi connectivity index (χ1v) is 6.86. The second kappa shape index (κ2) is 7.10. The lowest BCUT2D eigenvalue weighted by molar-refractivity contribution is 0.296. The highest BCUT2D eigenvalue weighted by Gasteiger charge is 2.09. The van der Waals surface area contributed by atoms with Gasteiger partial charge in [0, 0.05) is 5.56 Å². The number of alkyl halides is 1. The molecule has 0 saturated heterocycles. The zero-order valence-electron chi connectivity index (χ0n) is 11.4. The lowest BCUT2D eigenvalue weighted by Gasteiger charge is -2.10. The summed E-state index contributed by atoms with van der Waals surface area (Å²) >= 11 is 5.55. The Bertz CT molecular complexity index is 702. The van der Waals surface area contributed by atoms with E-state index in [1.165, 1.54) is 12.1 Å². The third-order valence-electron chi connectivity index (χ3n) is 2.84. The van der Waals surface area contributed by atoms with E-state index in [2.05, 4.69) is 11.8 Å². The molecule has 108 valence electrons. The smallest absolute Gasteiger partial charge is 0.165 e. The molecule has 2 aromatic rings. The zero-order chi connectivity index (χ0) is 15.2. The van der Waals surface area contributed by atoms with Gasteiger partial charge < -0.3 is 4.74 Å². The summed E-state index contributed by atoms with van der Waals surface area (Å²) in [5.41, 5.74) is 1.86. The molecule has 0 saturated carbocycles. The number of aryl methyl sites for hydroxylation is 1. The quantitative estimate of drug-likeness (QED) is 0.601. The van der Waals surface area contributed by atoms with Gasteiger partial charge in [-0.1, -0.05) is 30.0 Å². The molecule has 0 aliphatic carbocycles. The summed E-state index contributed by atoms with van der Waals surface area (Å²) in [7, 11) is 0. The maximum atomic E-state index is 13.6. The van der Waals surface area contributed by atoms with Crippen molar-refractivity contribution in [2.45, 2.75) is 13.5 Å². The normalized spacial score (nSPS) is 9.90. The Balaban J connectivity index is 2.22. The molecule has 1 nitrogen and oxygen atoms in total. The lowest BCUT2D eigenvalue weighted by atomic mass is 10.1. The van der Waals surface area contributed by atoms with Gasteiger partial charge in [0.25, 0.3) is 0 Å². The first-order valence-electron chi connectivity index (χ1n) is 6.33. The SMILES string of the molecule is Cc1ccc(OCc2cccc(F)c2F)c(C#CCCl)c1. The van der Waals surface area contributed by atoms with Gasteiger partial charge in [-0.2, -0.15) is 0 Å². The molecule has 0 bridgehead atoms. The molecule has 0 aromatic heterocycles. The van der Waals surface area contributed by atoms with E-state index in [-0.39, 0.29) is 18.1 Å². The molecule has 0 unspecified atom stereocenters. The maximum Gasteiger partial charge on any atom is 0.165 e. The summed E-state index contributed by atoms with van der Waals surface area (Å²) in [6, 6.07) is 9.48. The number of ether oxygens (including phenoxy) is 1. The Labute approximate surface area is 127 Å². The molecule has 4 heteroatoms. The zero-order valence-corrected chi connectivity index (χ0v) is 12.2. The molecule has 0 aliphatic rings. The van der Waals surface area contributed by atoms with Crippen LogP contribution < -0.4 is 4.74 Å². The van der Waals surface area contributed by atoms with Crippen LogP contribution >= 0.6 is 11.6 Å². The van der Waals surface area contributed by atoms with Gasteiger partial charge >= 0.3 is 0 Å². The molecule has 0 radical (unpaired) electrons. The van der Waals surface area contributed by atoms with E-state index in [0.29, 0.717) is 11.3 Å². The summed E-state index contributed by atoms with van der Waals surface area (Å²) in [6.45, 7) is 1.87. The summed E-state index contributed by atoms with van der Waals surface area (Å²) in [4.78, 5) is 0. The first kappa shape index (κ1) is 15.3. The molecular formula is C17H13ClF2O. The van der Waals surface area contributed by atoms with Crippen molar-refractivity contribution in [2.24, 2.45) is 0 Å². The fourth-order valence-electron chi connectivity index (χ4n) is 1.81.